The Bertz CT molecular complexity index is 628. The first-order valence-corrected chi connectivity index (χ1v) is 7.33. The van der Waals surface area contributed by atoms with Crippen LogP contribution in [0.3, 0.4) is 0 Å². The van der Waals surface area contributed by atoms with Crippen molar-refractivity contribution in [2.75, 3.05) is 18.9 Å². The largest absolute Gasteiger partial charge is 0.326 e. The van der Waals surface area contributed by atoms with Crippen LogP contribution in [0.1, 0.15) is 11.1 Å². The van der Waals surface area contributed by atoms with Crippen LogP contribution in [0, 0.1) is 6.92 Å². The highest BCUT2D eigenvalue weighted by atomic mass is 35.5. The summed E-state index contributed by atoms with van der Waals surface area (Å²) in [6.07, 6.45) is 0. The summed E-state index contributed by atoms with van der Waals surface area (Å²) in [6.45, 7) is 3.34. The third-order valence-corrected chi connectivity index (χ3v) is 3.56. The smallest absolute Gasteiger partial charge is 0.279 e. The zero-order valence-electron chi connectivity index (χ0n) is 12.3. The maximum absolute atomic E-state index is 12.0. The summed E-state index contributed by atoms with van der Waals surface area (Å²) >= 11 is 5.90. The zero-order valence-corrected chi connectivity index (χ0v) is 13.1. The van der Waals surface area contributed by atoms with Crippen molar-refractivity contribution in [2.24, 2.45) is 0 Å². The van der Waals surface area contributed by atoms with Crippen molar-refractivity contribution in [1.82, 2.24) is 0 Å². The average Bonchev–Trinajstić information content (AvgIpc) is 2.41. The highest BCUT2D eigenvalue weighted by Gasteiger charge is 2.11. The van der Waals surface area contributed by atoms with Crippen LogP contribution < -0.4 is 10.2 Å². The second-order valence-electron chi connectivity index (χ2n) is 5.30. The molecule has 0 saturated heterocycles. The molecule has 0 radical (unpaired) electrons. The van der Waals surface area contributed by atoms with Crippen LogP contribution in [0.2, 0.25) is 5.02 Å². The molecule has 1 unspecified atom stereocenters. The molecule has 2 aromatic carbocycles. The van der Waals surface area contributed by atoms with E-state index < -0.39 is 0 Å². The summed E-state index contributed by atoms with van der Waals surface area (Å²) in [5.41, 5.74) is 3.26. The molecule has 1 amide bonds. The van der Waals surface area contributed by atoms with Gasteiger partial charge in [0, 0.05) is 16.3 Å². The molecule has 0 aliphatic rings. The van der Waals surface area contributed by atoms with Crippen LogP contribution >= 0.6 is 11.6 Å². The van der Waals surface area contributed by atoms with Crippen LogP contribution in [0.15, 0.2) is 48.5 Å². The molecular weight excluding hydrogens is 284 g/mol. The fourth-order valence-corrected chi connectivity index (χ4v) is 2.43. The van der Waals surface area contributed by atoms with Gasteiger partial charge in [-0.1, -0.05) is 41.9 Å². The Morgan fingerprint density at radius 3 is 2.67 bits per heavy atom. The molecule has 2 rings (SSSR count). The highest BCUT2D eigenvalue weighted by Crippen LogP contribution is 2.14. The van der Waals surface area contributed by atoms with Crippen molar-refractivity contribution in [2.45, 2.75) is 13.5 Å². The van der Waals surface area contributed by atoms with E-state index in [1.54, 1.807) is 12.1 Å². The second kappa shape index (κ2) is 7.25. The summed E-state index contributed by atoms with van der Waals surface area (Å²) in [7, 11) is 2.02. The molecule has 0 saturated carbocycles. The lowest BCUT2D eigenvalue weighted by Gasteiger charge is -2.15. The molecular formula is C17H20ClN2O+. The van der Waals surface area contributed by atoms with E-state index in [1.165, 1.54) is 11.1 Å². The van der Waals surface area contributed by atoms with Gasteiger partial charge in [0.1, 0.15) is 6.54 Å². The van der Waals surface area contributed by atoms with Crippen LogP contribution in [-0.4, -0.2) is 19.5 Å². The number of nitrogens with one attached hydrogen (secondary N) is 2. The molecule has 0 bridgehead atoms. The number of carbonyl (C=O) groups excluding carboxylic acids is 1. The minimum Gasteiger partial charge on any atom is -0.326 e. The molecule has 0 aromatic heterocycles. The SMILES string of the molecule is Cc1ccccc1C[NH+](C)CC(=O)Nc1cccc(Cl)c1. The predicted molar refractivity (Wildman–Crippen MR) is 86.7 cm³/mol. The van der Waals surface area contributed by atoms with Crippen LogP contribution in [0.4, 0.5) is 5.69 Å². The Morgan fingerprint density at radius 2 is 1.95 bits per heavy atom. The minimum absolute atomic E-state index is 0.0108. The fourth-order valence-electron chi connectivity index (χ4n) is 2.24. The van der Waals surface area contributed by atoms with Crippen molar-refractivity contribution in [3.05, 3.63) is 64.7 Å². The lowest BCUT2D eigenvalue weighted by Crippen LogP contribution is -3.08. The maximum atomic E-state index is 12.0. The summed E-state index contributed by atoms with van der Waals surface area (Å²) in [5, 5.41) is 3.49. The van der Waals surface area contributed by atoms with E-state index in [2.05, 4.69) is 24.4 Å². The molecule has 0 aliphatic carbocycles. The third-order valence-electron chi connectivity index (χ3n) is 3.32. The van der Waals surface area contributed by atoms with Gasteiger partial charge in [-0.15, -0.1) is 0 Å². The van der Waals surface area contributed by atoms with E-state index in [9.17, 15) is 4.79 Å². The zero-order chi connectivity index (χ0) is 15.2. The van der Waals surface area contributed by atoms with E-state index in [0.717, 1.165) is 17.1 Å². The Kier molecular flexibility index (Phi) is 5.37. The quantitative estimate of drug-likeness (QED) is 0.873. The average molecular weight is 304 g/mol. The van der Waals surface area contributed by atoms with Gasteiger partial charge >= 0.3 is 0 Å². The van der Waals surface area contributed by atoms with Gasteiger partial charge in [-0.3, -0.25) is 4.79 Å². The first kappa shape index (κ1) is 15.5. The standard InChI is InChI=1S/C17H19ClN2O/c1-13-6-3-4-7-14(13)11-20(2)12-17(21)19-16-9-5-8-15(18)10-16/h3-10H,11-12H2,1-2H3,(H,19,21)/p+1. The molecule has 0 heterocycles. The molecule has 0 fully saturated rings. The van der Waals surface area contributed by atoms with Crippen molar-refractivity contribution < 1.29 is 9.69 Å². The highest BCUT2D eigenvalue weighted by molar-refractivity contribution is 6.30. The normalized spacial score (nSPS) is 12.0. The third kappa shape index (κ3) is 4.88. The van der Waals surface area contributed by atoms with E-state index >= 15 is 0 Å². The number of anilines is 1. The summed E-state index contributed by atoms with van der Waals surface area (Å²) < 4.78 is 0. The van der Waals surface area contributed by atoms with Crippen LogP contribution in [0.25, 0.3) is 0 Å². The van der Waals surface area contributed by atoms with Gasteiger partial charge in [0.25, 0.3) is 5.91 Å². The van der Waals surface area contributed by atoms with Crippen LogP contribution in [0.5, 0.6) is 0 Å². The molecule has 2 aromatic rings. The van der Waals surface area contributed by atoms with E-state index in [1.807, 2.05) is 31.3 Å². The number of hydrogen-bond donors (Lipinski definition) is 2. The number of benzene rings is 2. The van der Waals surface area contributed by atoms with Crippen molar-refractivity contribution in [3.63, 3.8) is 0 Å². The number of amides is 1. The van der Waals surface area contributed by atoms with Gasteiger partial charge < -0.3 is 10.2 Å². The van der Waals surface area contributed by atoms with E-state index in [4.69, 9.17) is 11.6 Å². The Morgan fingerprint density at radius 1 is 1.19 bits per heavy atom. The van der Waals surface area contributed by atoms with Gasteiger partial charge in [0.05, 0.1) is 7.05 Å². The molecule has 2 N–H and O–H groups in total. The Labute approximate surface area is 130 Å². The van der Waals surface area contributed by atoms with E-state index in [-0.39, 0.29) is 5.91 Å². The van der Waals surface area contributed by atoms with Crippen molar-refractivity contribution >= 4 is 23.2 Å². The summed E-state index contributed by atoms with van der Waals surface area (Å²) in [4.78, 5) is 13.2. The first-order chi connectivity index (χ1) is 10.0. The number of hydrogen-bond acceptors (Lipinski definition) is 1. The lowest BCUT2D eigenvalue weighted by atomic mass is 10.1. The lowest BCUT2D eigenvalue weighted by molar-refractivity contribution is -0.885. The Balaban J connectivity index is 1.89. The predicted octanol–water partition coefficient (Wildman–Crippen LogP) is 2.30. The number of aryl methyl sites for hydroxylation is 1. The molecule has 21 heavy (non-hydrogen) atoms. The van der Waals surface area contributed by atoms with Gasteiger partial charge in [0.15, 0.2) is 6.54 Å². The number of halogens is 1. The molecule has 1 atom stereocenters. The van der Waals surface area contributed by atoms with Crippen molar-refractivity contribution in [3.8, 4) is 0 Å². The number of carbonyl (C=O) groups is 1. The minimum atomic E-state index is -0.0108. The Hall–Kier alpha value is -1.84. The molecule has 0 spiro atoms. The van der Waals surface area contributed by atoms with Gasteiger partial charge in [0.2, 0.25) is 0 Å². The molecule has 110 valence electrons. The first-order valence-electron chi connectivity index (χ1n) is 6.96. The van der Waals surface area contributed by atoms with Gasteiger partial charge in [-0.2, -0.15) is 0 Å². The number of quaternary nitrogens is 1. The summed E-state index contributed by atoms with van der Waals surface area (Å²) in [5.74, 6) is -0.0108. The number of rotatable bonds is 5. The van der Waals surface area contributed by atoms with Crippen molar-refractivity contribution in [1.29, 1.82) is 0 Å². The van der Waals surface area contributed by atoms with Gasteiger partial charge in [-0.25, -0.2) is 0 Å². The maximum Gasteiger partial charge on any atom is 0.279 e. The molecule has 3 nitrogen and oxygen atoms in total. The van der Waals surface area contributed by atoms with Gasteiger partial charge in [-0.05, 0) is 30.7 Å². The fraction of sp³-hybridized carbons (Fsp3) is 0.235. The monoisotopic (exact) mass is 303 g/mol. The second-order valence-corrected chi connectivity index (χ2v) is 5.73. The van der Waals surface area contributed by atoms with E-state index in [0.29, 0.717) is 11.6 Å². The molecule has 4 heteroatoms. The topological polar surface area (TPSA) is 33.5 Å². The summed E-state index contributed by atoms with van der Waals surface area (Å²) in [6, 6.07) is 15.4. The number of likely N-dealkylation sites (N-methyl/N-ethyl adjacent to an activating group) is 1. The van der Waals surface area contributed by atoms with Crippen LogP contribution in [-0.2, 0) is 11.3 Å². The molecule has 0 aliphatic heterocycles.